The van der Waals surface area contributed by atoms with Crippen LogP contribution in [-0.4, -0.2) is 151 Å². The summed E-state index contributed by atoms with van der Waals surface area (Å²) in [4.78, 5) is 13.0. The monoisotopic (exact) mass is 804 g/mol. The van der Waals surface area contributed by atoms with Crippen LogP contribution < -0.4 is 19.6 Å². The second-order valence-corrected chi connectivity index (χ2v) is 13.6. The van der Waals surface area contributed by atoms with Gasteiger partial charge in [-0.2, -0.15) is 0 Å². The number of phenolic OH excluding ortho intramolecular Hbond substituents is 3. The van der Waals surface area contributed by atoms with Crippen molar-refractivity contribution in [1.29, 1.82) is 0 Å². The Labute approximate surface area is 321 Å². The number of methoxy groups -OCH3 is 1. The van der Waals surface area contributed by atoms with E-state index in [2.05, 4.69) is 0 Å². The van der Waals surface area contributed by atoms with Crippen LogP contribution in [0.3, 0.4) is 0 Å². The summed E-state index contributed by atoms with van der Waals surface area (Å²) >= 11 is 0. The van der Waals surface area contributed by atoms with Crippen LogP contribution in [0.5, 0.6) is 40.2 Å². The minimum atomic E-state index is -1.85. The van der Waals surface area contributed by atoms with Gasteiger partial charge in [0.05, 0.1) is 26.9 Å². The first kappa shape index (κ1) is 40.2. The molecule has 308 valence electrons. The van der Waals surface area contributed by atoms with Gasteiger partial charge in [-0.3, -0.25) is 4.79 Å². The average Bonchev–Trinajstić information content (AvgIpc) is 3.20. The molecule has 2 fully saturated rings. The number of rotatable bonds is 10. The van der Waals surface area contributed by atoms with Crippen LogP contribution in [0.2, 0.25) is 0 Å². The molecule has 3 aromatic carbocycles. The second-order valence-electron chi connectivity index (χ2n) is 13.6. The second kappa shape index (κ2) is 16.1. The van der Waals surface area contributed by atoms with E-state index >= 15 is 0 Å². The number of aliphatic hydroxyl groups excluding tert-OH is 7. The number of fused-ring (bicyclic) bond motifs is 2. The molecular formula is C37H40O20. The van der Waals surface area contributed by atoms with Crippen LogP contribution in [0.1, 0.15) is 11.7 Å². The SMILES string of the molecule is COc1cc([C@@H]2Oc3cc(-c4oc5cc(O)cc(O)c5c(=O)c4O)ccc3O[C@H]2CO[C@@H]2O[C@H](CO)[C@@H](O[C@H]3O[C@H](CO)[C@@H](O)[C@H](O)[C@H]3O)[C@H](O)[C@H]2O)ccc1O. The summed E-state index contributed by atoms with van der Waals surface area (Å²) in [6.45, 7) is -1.96. The fourth-order valence-corrected chi connectivity index (χ4v) is 6.91. The zero-order valence-electron chi connectivity index (χ0n) is 29.8. The number of benzene rings is 3. The Morgan fingerprint density at radius 3 is 2.14 bits per heavy atom. The van der Waals surface area contributed by atoms with Gasteiger partial charge in [-0.25, -0.2) is 0 Å². The van der Waals surface area contributed by atoms with Gasteiger partial charge in [0.2, 0.25) is 11.2 Å². The molecule has 20 heteroatoms. The number of aliphatic hydroxyl groups is 7. The summed E-state index contributed by atoms with van der Waals surface area (Å²) in [7, 11) is 1.34. The van der Waals surface area contributed by atoms with Gasteiger partial charge in [0.1, 0.15) is 71.3 Å². The van der Waals surface area contributed by atoms with E-state index in [4.69, 9.17) is 37.6 Å². The number of ether oxygens (including phenoxy) is 7. The first-order valence-electron chi connectivity index (χ1n) is 17.5. The average molecular weight is 805 g/mol. The lowest BCUT2D eigenvalue weighted by molar-refractivity contribution is -0.360. The fraction of sp³-hybridized carbons (Fsp3) is 0.432. The molecule has 0 amide bonds. The molecule has 12 atom stereocenters. The highest BCUT2D eigenvalue weighted by Crippen LogP contribution is 2.45. The van der Waals surface area contributed by atoms with Crippen molar-refractivity contribution in [3.05, 3.63) is 64.3 Å². The van der Waals surface area contributed by atoms with E-state index in [0.717, 1.165) is 12.1 Å². The van der Waals surface area contributed by atoms with Crippen LogP contribution in [0, 0.1) is 0 Å². The smallest absolute Gasteiger partial charge is 0.238 e. The predicted molar refractivity (Wildman–Crippen MR) is 188 cm³/mol. The number of aromatic hydroxyl groups is 4. The zero-order chi connectivity index (χ0) is 40.9. The van der Waals surface area contributed by atoms with E-state index in [-0.39, 0.29) is 45.3 Å². The van der Waals surface area contributed by atoms with Crippen LogP contribution in [0.15, 0.2) is 57.7 Å². The first-order valence-corrected chi connectivity index (χ1v) is 17.5. The molecular weight excluding hydrogens is 764 g/mol. The van der Waals surface area contributed by atoms with Crippen molar-refractivity contribution in [3.63, 3.8) is 0 Å². The maximum atomic E-state index is 13.0. The summed E-state index contributed by atoms with van der Waals surface area (Å²) in [5.74, 6) is -2.02. The minimum absolute atomic E-state index is 0.0788. The van der Waals surface area contributed by atoms with E-state index in [9.17, 15) is 61.0 Å². The molecule has 2 saturated heterocycles. The Kier molecular flexibility index (Phi) is 11.4. The number of hydrogen-bond donors (Lipinski definition) is 11. The maximum Gasteiger partial charge on any atom is 0.238 e. The normalized spacial score (nSPS) is 31.3. The van der Waals surface area contributed by atoms with Crippen LogP contribution >= 0.6 is 0 Å². The van der Waals surface area contributed by atoms with Crippen LogP contribution in [0.25, 0.3) is 22.3 Å². The van der Waals surface area contributed by atoms with Crippen molar-refractivity contribution < 1.29 is 93.7 Å². The molecule has 1 aromatic heterocycles. The van der Waals surface area contributed by atoms with Gasteiger partial charge in [0.15, 0.2) is 53.5 Å². The van der Waals surface area contributed by atoms with Gasteiger partial charge >= 0.3 is 0 Å². The van der Waals surface area contributed by atoms with Crippen molar-refractivity contribution in [3.8, 4) is 51.6 Å². The van der Waals surface area contributed by atoms with Gasteiger partial charge in [-0.1, -0.05) is 6.07 Å². The minimum Gasteiger partial charge on any atom is -0.508 e. The maximum absolute atomic E-state index is 13.0. The van der Waals surface area contributed by atoms with E-state index in [1.807, 2.05) is 0 Å². The molecule has 20 nitrogen and oxygen atoms in total. The molecule has 57 heavy (non-hydrogen) atoms. The third-order valence-electron chi connectivity index (χ3n) is 9.93. The van der Waals surface area contributed by atoms with E-state index in [1.165, 1.54) is 43.5 Å². The highest BCUT2D eigenvalue weighted by Gasteiger charge is 2.51. The molecule has 3 aliphatic heterocycles. The van der Waals surface area contributed by atoms with E-state index in [1.54, 1.807) is 0 Å². The summed E-state index contributed by atoms with van der Waals surface area (Å²) in [5.41, 5.74) is -0.639. The molecule has 0 unspecified atom stereocenters. The van der Waals surface area contributed by atoms with Gasteiger partial charge in [-0.05, 0) is 30.3 Å². The molecule has 7 rings (SSSR count). The van der Waals surface area contributed by atoms with Crippen molar-refractivity contribution in [2.75, 3.05) is 26.9 Å². The Morgan fingerprint density at radius 2 is 1.42 bits per heavy atom. The van der Waals surface area contributed by atoms with Gasteiger partial charge in [0.25, 0.3) is 0 Å². The van der Waals surface area contributed by atoms with E-state index in [0.29, 0.717) is 5.56 Å². The lowest BCUT2D eigenvalue weighted by Crippen LogP contribution is -2.64. The molecule has 4 aromatic rings. The number of phenols is 3. The lowest BCUT2D eigenvalue weighted by Gasteiger charge is -2.46. The zero-order valence-corrected chi connectivity index (χ0v) is 29.8. The summed E-state index contributed by atoms with van der Waals surface area (Å²) < 4.78 is 46.3. The van der Waals surface area contributed by atoms with Gasteiger partial charge < -0.3 is 93.7 Å². The molecule has 11 N–H and O–H groups in total. The summed E-state index contributed by atoms with van der Waals surface area (Å²) in [6, 6.07) is 10.6. The van der Waals surface area contributed by atoms with Crippen LogP contribution in [-0.2, 0) is 18.9 Å². The predicted octanol–water partition coefficient (Wildman–Crippen LogP) is -1.19. The van der Waals surface area contributed by atoms with Gasteiger partial charge in [-0.15, -0.1) is 0 Å². The summed E-state index contributed by atoms with van der Waals surface area (Å²) in [5, 5.41) is 113. The molecule has 0 saturated carbocycles. The Morgan fingerprint density at radius 1 is 0.702 bits per heavy atom. The standard InChI is InChI=1S/C37H40O20/c1-50-19-6-13(2-4-16(19)41)33-24(12-51-36-32(49)30(47)35(23(11-39)56-36)57-37-31(48)28(45)26(43)22(10-38)55-37)52-18-5-3-14(7-20(18)53-33)34-29(46)27(44)25-17(42)8-15(40)9-21(25)54-34/h2-9,22-24,26,28,30-33,35-43,45-49H,10-12H2,1H3/t22-,23-,24+,26-,28+,30-,31-,32-,33+,35-,36-,37-/m1/s1. The van der Waals surface area contributed by atoms with Crippen molar-refractivity contribution in [1.82, 2.24) is 0 Å². The molecule has 0 radical (unpaired) electrons. The molecule has 3 aliphatic rings. The largest absolute Gasteiger partial charge is 0.508 e. The highest BCUT2D eigenvalue weighted by atomic mass is 16.7. The Hall–Kier alpha value is -4.97. The molecule has 0 bridgehead atoms. The Balaban J connectivity index is 1.14. The third-order valence-corrected chi connectivity index (χ3v) is 9.93. The van der Waals surface area contributed by atoms with E-state index < -0.39 is 116 Å². The first-order chi connectivity index (χ1) is 27.2. The van der Waals surface area contributed by atoms with Crippen LogP contribution in [0.4, 0.5) is 0 Å². The molecule has 0 aliphatic carbocycles. The Bertz CT molecular complexity index is 2140. The lowest BCUT2D eigenvalue weighted by atomic mass is 9.97. The fourth-order valence-electron chi connectivity index (χ4n) is 6.91. The highest BCUT2D eigenvalue weighted by molar-refractivity contribution is 5.88. The topological polar surface area (TPSA) is 317 Å². The quantitative estimate of drug-likeness (QED) is 0.0898. The van der Waals surface area contributed by atoms with Crippen molar-refractivity contribution in [2.24, 2.45) is 0 Å². The molecule has 4 heterocycles. The summed E-state index contributed by atoms with van der Waals surface area (Å²) in [6.07, 6.45) is -18.8. The third kappa shape index (κ3) is 7.48. The van der Waals surface area contributed by atoms with Crippen molar-refractivity contribution in [2.45, 2.75) is 73.6 Å². The van der Waals surface area contributed by atoms with Crippen molar-refractivity contribution >= 4 is 11.0 Å². The van der Waals surface area contributed by atoms with Gasteiger partial charge in [0, 0.05) is 23.3 Å². The molecule has 0 spiro atoms. The number of hydrogen-bond acceptors (Lipinski definition) is 20.